The Hall–Kier alpha value is -1.46. The van der Waals surface area contributed by atoms with Gasteiger partial charge in [-0.15, -0.1) is 0 Å². The van der Waals surface area contributed by atoms with Crippen LogP contribution in [-0.2, 0) is 6.54 Å². The Morgan fingerprint density at radius 1 is 1.35 bits per heavy atom. The zero-order valence-electron chi connectivity index (χ0n) is 11.4. The maximum absolute atomic E-state index is 13.2. The van der Waals surface area contributed by atoms with Crippen LogP contribution in [0.4, 0.5) is 4.39 Å². The molecule has 1 heterocycles. The molecule has 0 atom stereocenters. The van der Waals surface area contributed by atoms with E-state index in [0.717, 1.165) is 24.2 Å². The number of hydrogen-bond acceptors (Lipinski definition) is 3. The average molecular weight is 339 g/mol. The van der Waals surface area contributed by atoms with Gasteiger partial charge in [0.25, 0.3) is 0 Å². The first-order valence-electron chi connectivity index (χ1n) is 6.39. The summed E-state index contributed by atoms with van der Waals surface area (Å²) in [6, 6.07) is 6.33. The molecule has 2 rings (SSSR count). The highest BCUT2D eigenvalue weighted by atomic mass is 79.9. The van der Waals surface area contributed by atoms with Gasteiger partial charge in [-0.05, 0) is 53.2 Å². The van der Waals surface area contributed by atoms with E-state index < -0.39 is 0 Å². The fourth-order valence-electron chi connectivity index (χ4n) is 1.75. The van der Waals surface area contributed by atoms with Crippen molar-refractivity contribution in [3.63, 3.8) is 0 Å². The standard InChI is InChI=1S/C15H16BrFN2O/c1-3-18-8-11-6-10(2)15(19-9-11)20-14-7-12(17)4-5-13(14)16/h4-7,9,18H,3,8H2,1-2H3. The molecule has 1 aromatic heterocycles. The second-order valence-corrected chi connectivity index (χ2v) is 5.28. The summed E-state index contributed by atoms with van der Waals surface area (Å²) in [5, 5.41) is 3.24. The molecule has 0 amide bonds. The summed E-state index contributed by atoms with van der Waals surface area (Å²) in [7, 11) is 0. The normalized spacial score (nSPS) is 10.6. The highest BCUT2D eigenvalue weighted by Gasteiger charge is 2.08. The van der Waals surface area contributed by atoms with Crippen molar-refractivity contribution >= 4 is 15.9 Å². The topological polar surface area (TPSA) is 34.2 Å². The molecule has 0 fully saturated rings. The predicted molar refractivity (Wildman–Crippen MR) is 80.5 cm³/mol. The molecule has 0 bridgehead atoms. The summed E-state index contributed by atoms with van der Waals surface area (Å²) >= 11 is 3.33. The number of hydrogen-bond donors (Lipinski definition) is 1. The molecular formula is C15H16BrFN2O. The van der Waals surface area contributed by atoms with Gasteiger partial charge in [-0.25, -0.2) is 9.37 Å². The van der Waals surface area contributed by atoms with E-state index in [1.807, 2.05) is 13.0 Å². The van der Waals surface area contributed by atoms with Gasteiger partial charge in [0.1, 0.15) is 11.6 Å². The van der Waals surface area contributed by atoms with Gasteiger partial charge in [-0.3, -0.25) is 0 Å². The fourth-order valence-corrected chi connectivity index (χ4v) is 2.08. The van der Waals surface area contributed by atoms with E-state index in [1.54, 1.807) is 12.3 Å². The maximum atomic E-state index is 13.2. The van der Waals surface area contributed by atoms with E-state index in [2.05, 4.69) is 33.2 Å². The molecule has 0 saturated heterocycles. The number of halogens is 2. The van der Waals surface area contributed by atoms with Crippen molar-refractivity contribution in [2.75, 3.05) is 6.54 Å². The summed E-state index contributed by atoms with van der Waals surface area (Å²) in [6.07, 6.45) is 1.76. The van der Waals surface area contributed by atoms with Gasteiger partial charge in [0.2, 0.25) is 5.88 Å². The second kappa shape index (κ2) is 6.81. The van der Waals surface area contributed by atoms with Crippen LogP contribution >= 0.6 is 15.9 Å². The van der Waals surface area contributed by atoms with Crippen LogP contribution in [0.1, 0.15) is 18.1 Å². The minimum atomic E-state index is -0.343. The van der Waals surface area contributed by atoms with E-state index in [4.69, 9.17) is 4.74 Å². The van der Waals surface area contributed by atoms with Gasteiger partial charge in [-0.2, -0.15) is 0 Å². The van der Waals surface area contributed by atoms with Crippen molar-refractivity contribution in [1.29, 1.82) is 0 Å². The lowest BCUT2D eigenvalue weighted by Crippen LogP contribution is -2.12. The average Bonchev–Trinajstić information content (AvgIpc) is 2.43. The highest BCUT2D eigenvalue weighted by Crippen LogP contribution is 2.30. The number of nitrogens with one attached hydrogen (secondary N) is 1. The number of pyridine rings is 1. The zero-order chi connectivity index (χ0) is 14.5. The molecule has 0 aliphatic rings. The largest absolute Gasteiger partial charge is 0.437 e. The Kier molecular flexibility index (Phi) is 5.09. The number of aryl methyl sites for hydroxylation is 1. The lowest BCUT2D eigenvalue weighted by molar-refractivity contribution is 0.451. The molecule has 0 aliphatic heterocycles. The van der Waals surface area contributed by atoms with Gasteiger partial charge in [-0.1, -0.05) is 6.92 Å². The van der Waals surface area contributed by atoms with Crippen LogP contribution in [0.3, 0.4) is 0 Å². The summed E-state index contributed by atoms with van der Waals surface area (Å²) in [6.45, 7) is 5.66. The Morgan fingerprint density at radius 2 is 2.15 bits per heavy atom. The quantitative estimate of drug-likeness (QED) is 0.887. The molecule has 5 heteroatoms. The monoisotopic (exact) mass is 338 g/mol. The molecule has 0 radical (unpaired) electrons. The van der Waals surface area contributed by atoms with E-state index >= 15 is 0 Å². The zero-order valence-corrected chi connectivity index (χ0v) is 13.0. The molecule has 1 N–H and O–H groups in total. The molecule has 0 unspecified atom stereocenters. The van der Waals surface area contributed by atoms with Crippen molar-refractivity contribution in [3.05, 3.63) is 51.9 Å². The Morgan fingerprint density at radius 3 is 2.85 bits per heavy atom. The summed E-state index contributed by atoms with van der Waals surface area (Å²) < 4.78 is 19.6. The summed E-state index contributed by atoms with van der Waals surface area (Å²) in [5.74, 6) is 0.557. The van der Waals surface area contributed by atoms with Crippen LogP contribution in [-0.4, -0.2) is 11.5 Å². The van der Waals surface area contributed by atoms with Crippen LogP contribution in [0.2, 0.25) is 0 Å². The third-order valence-electron chi connectivity index (χ3n) is 2.77. The number of rotatable bonds is 5. The van der Waals surface area contributed by atoms with Crippen molar-refractivity contribution in [3.8, 4) is 11.6 Å². The Balaban J connectivity index is 2.19. The lowest BCUT2D eigenvalue weighted by atomic mass is 10.2. The first-order chi connectivity index (χ1) is 9.60. The van der Waals surface area contributed by atoms with Crippen molar-refractivity contribution in [2.24, 2.45) is 0 Å². The third kappa shape index (κ3) is 3.77. The minimum absolute atomic E-state index is 0.343. The number of ether oxygens (including phenoxy) is 1. The molecule has 106 valence electrons. The highest BCUT2D eigenvalue weighted by molar-refractivity contribution is 9.10. The van der Waals surface area contributed by atoms with E-state index in [1.165, 1.54) is 12.1 Å². The first kappa shape index (κ1) is 14.9. The number of nitrogens with zero attached hydrogens (tertiary/aromatic N) is 1. The molecule has 0 spiro atoms. The molecule has 20 heavy (non-hydrogen) atoms. The van der Waals surface area contributed by atoms with Gasteiger partial charge in [0, 0.05) is 24.4 Å². The molecular weight excluding hydrogens is 323 g/mol. The predicted octanol–water partition coefficient (Wildman–Crippen LogP) is 4.19. The Labute approximate surface area is 126 Å². The van der Waals surface area contributed by atoms with Crippen molar-refractivity contribution < 1.29 is 9.13 Å². The lowest BCUT2D eigenvalue weighted by Gasteiger charge is -2.10. The van der Waals surface area contributed by atoms with Gasteiger partial charge >= 0.3 is 0 Å². The first-order valence-corrected chi connectivity index (χ1v) is 7.18. The SMILES string of the molecule is CCNCc1cnc(Oc2cc(F)ccc2Br)c(C)c1. The van der Waals surface area contributed by atoms with Crippen LogP contribution in [0.25, 0.3) is 0 Å². The van der Waals surface area contributed by atoms with Crippen molar-refractivity contribution in [1.82, 2.24) is 10.3 Å². The van der Waals surface area contributed by atoms with Gasteiger partial charge in [0.15, 0.2) is 0 Å². The van der Waals surface area contributed by atoms with Crippen LogP contribution in [0.15, 0.2) is 34.9 Å². The van der Waals surface area contributed by atoms with E-state index in [0.29, 0.717) is 16.1 Å². The summed E-state index contributed by atoms with van der Waals surface area (Å²) in [4.78, 5) is 4.29. The number of benzene rings is 1. The fraction of sp³-hybridized carbons (Fsp3) is 0.267. The molecule has 3 nitrogen and oxygen atoms in total. The van der Waals surface area contributed by atoms with Gasteiger partial charge < -0.3 is 10.1 Å². The molecule has 1 aromatic carbocycles. The van der Waals surface area contributed by atoms with Gasteiger partial charge in [0.05, 0.1) is 4.47 Å². The molecule has 0 aliphatic carbocycles. The smallest absolute Gasteiger partial charge is 0.222 e. The Bertz CT molecular complexity index is 604. The third-order valence-corrected chi connectivity index (χ3v) is 3.42. The minimum Gasteiger partial charge on any atom is -0.437 e. The van der Waals surface area contributed by atoms with Crippen LogP contribution in [0.5, 0.6) is 11.6 Å². The van der Waals surface area contributed by atoms with E-state index in [9.17, 15) is 4.39 Å². The molecule has 0 saturated carbocycles. The van der Waals surface area contributed by atoms with Crippen LogP contribution in [0, 0.1) is 12.7 Å². The summed E-state index contributed by atoms with van der Waals surface area (Å²) in [5.41, 5.74) is 2.01. The second-order valence-electron chi connectivity index (χ2n) is 4.42. The van der Waals surface area contributed by atoms with Crippen LogP contribution < -0.4 is 10.1 Å². The van der Waals surface area contributed by atoms with Crippen molar-refractivity contribution in [2.45, 2.75) is 20.4 Å². The number of aromatic nitrogens is 1. The molecule has 2 aromatic rings. The maximum Gasteiger partial charge on any atom is 0.222 e. The van der Waals surface area contributed by atoms with E-state index in [-0.39, 0.29) is 5.82 Å².